The van der Waals surface area contributed by atoms with Crippen molar-refractivity contribution in [1.82, 2.24) is 14.9 Å². The van der Waals surface area contributed by atoms with Crippen LogP contribution in [-0.2, 0) is 17.8 Å². The molecule has 0 saturated heterocycles. The summed E-state index contributed by atoms with van der Waals surface area (Å²) in [7, 11) is 0. The van der Waals surface area contributed by atoms with Gasteiger partial charge in [-0.2, -0.15) is 0 Å². The second-order valence-corrected chi connectivity index (χ2v) is 5.92. The van der Waals surface area contributed by atoms with E-state index in [1.54, 1.807) is 0 Å². The zero-order chi connectivity index (χ0) is 13.1. The van der Waals surface area contributed by atoms with Crippen molar-refractivity contribution in [2.45, 2.75) is 64.0 Å². The van der Waals surface area contributed by atoms with Crippen LogP contribution in [0.1, 0.15) is 50.8 Å². The largest absolute Gasteiger partial charge is 0.353 e. The van der Waals surface area contributed by atoms with Crippen LogP contribution in [0.15, 0.2) is 12.4 Å². The lowest BCUT2D eigenvalue weighted by Crippen LogP contribution is -2.41. The second-order valence-electron chi connectivity index (χ2n) is 5.92. The summed E-state index contributed by atoms with van der Waals surface area (Å²) in [4.78, 5) is 16.7. The topological polar surface area (TPSA) is 46.9 Å². The predicted molar refractivity (Wildman–Crippen MR) is 73.7 cm³/mol. The van der Waals surface area contributed by atoms with Gasteiger partial charge < -0.3 is 9.88 Å². The Hall–Kier alpha value is -1.32. The second kappa shape index (κ2) is 5.76. The summed E-state index contributed by atoms with van der Waals surface area (Å²) in [6, 6.07) is 0.414. The Kier molecular flexibility index (Phi) is 3.85. The van der Waals surface area contributed by atoms with Gasteiger partial charge in [0.25, 0.3) is 0 Å². The fourth-order valence-electron chi connectivity index (χ4n) is 3.32. The molecule has 1 N–H and O–H groups in total. The molecule has 1 saturated carbocycles. The van der Waals surface area contributed by atoms with Gasteiger partial charge in [-0.1, -0.05) is 25.7 Å². The maximum atomic E-state index is 12.4. The summed E-state index contributed by atoms with van der Waals surface area (Å²) < 4.78 is 2.16. The van der Waals surface area contributed by atoms with E-state index in [2.05, 4.69) is 14.9 Å². The number of hydrogen-bond acceptors (Lipinski definition) is 2. The predicted octanol–water partition coefficient (Wildman–Crippen LogP) is 2.28. The quantitative estimate of drug-likeness (QED) is 0.830. The van der Waals surface area contributed by atoms with E-state index in [0.717, 1.165) is 38.1 Å². The normalized spacial score (nSPS) is 24.5. The molecule has 4 nitrogen and oxygen atoms in total. The minimum atomic E-state index is 0.123. The summed E-state index contributed by atoms with van der Waals surface area (Å²) in [5.74, 6) is 1.44. The number of imidazole rings is 1. The number of rotatable bonds is 2. The molecule has 1 unspecified atom stereocenters. The van der Waals surface area contributed by atoms with Gasteiger partial charge in [0.2, 0.25) is 5.91 Å². The van der Waals surface area contributed by atoms with E-state index < -0.39 is 0 Å². The Bertz CT molecular complexity index is 432. The molecule has 1 aromatic rings. The number of aryl methyl sites for hydroxylation is 1. The minimum absolute atomic E-state index is 0.123. The van der Waals surface area contributed by atoms with Crippen molar-refractivity contribution < 1.29 is 4.79 Å². The van der Waals surface area contributed by atoms with E-state index >= 15 is 0 Å². The highest BCUT2D eigenvalue weighted by atomic mass is 16.1. The summed E-state index contributed by atoms with van der Waals surface area (Å²) in [5, 5.41) is 3.28. The highest BCUT2D eigenvalue weighted by Gasteiger charge is 2.26. The van der Waals surface area contributed by atoms with Gasteiger partial charge in [-0.3, -0.25) is 4.79 Å². The molecule has 1 atom stereocenters. The number of amides is 1. The van der Waals surface area contributed by atoms with E-state index in [1.165, 1.54) is 25.7 Å². The highest BCUT2D eigenvalue weighted by Crippen LogP contribution is 2.21. The molecule has 2 heterocycles. The van der Waals surface area contributed by atoms with Crippen molar-refractivity contribution in [2.75, 3.05) is 0 Å². The molecule has 1 aromatic heterocycles. The maximum absolute atomic E-state index is 12.4. The van der Waals surface area contributed by atoms with Crippen LogP contribution in [-0.4, -0.2) is 21.5 Å². The third-order valence-electron chi connectivity index (χ3n) is 4.52. The van der Waals surface area contributed by atoms with E-state index in [-0.39, 0.29) is 11.8 Å². The van der Waals surface area contributed by atoms with Gasteiger partial charge in [0.05, 0.1) is 0 Å². The molecule has 0 spiro atoms. The molecule has 1 aliphatic carbocycles. The van der Waals surface area contributed by atoms with Crippen molar-refractivity contribution in [3.63, 3.8) is 0 Å². The van der Waals surface area contributed by atoms with Gasteiger partial charge in [-0.25, -0.2) is 4.98 Å². The van der Waals surface area contributed by atoms with Gasteiger partial charge >= 0.3 is 0 Å². The van der Waals surface area contributed by atoms with Crippen LogP contribution in [0.25, 0.3) is 0 Å². The van der Waals surface area contributed by atoms with Crippen LogP contribution < -0.4 is 5.32 Å². The average Bonchev–Trinajstić information content (AvgIpc) is 2.75. The van der Waals surface area contributed by atoms with E-state index in [4.69, 9.17) is 0 Å². The number of carbonyl (C=O) groups excluding carboxylic acids is 1. The van der Waals surface area contributed by atoms with Crippen LogP contribution in [0.4, 0.5) is 0 Å². The lowest BCUT2D eigenvalue weighted by atomic mass is 9.96. The first-order chi connectivity index (χ1) is 9.33. The highest BCUT2D eigenvalue weighted by molar-refractivity contribution is 5.79. The summed E-state index contributed by atoms with van der Waals surface area (Å²) in [6.07, 6.45) is 13.1. The number of carbonyl (C=O) groups is 1. The van der Waals surface area contributed by atoms with E-state index in [1.807, 2.05) is 12.4 Å². The fourth-order valence-corrected chi connectivity index (χ4v) is 3.32. The van der Waals surface area contributed by atoms with Crippen molar-refractivity contribution in [1.29, 1.82) is 0 Å². The molecular formula is C15H23N3O. The first-order valence-corrected chi connectivity index (χ1v) is 7.63. The summed E-state index contributed by atoms with van der Waals surface area (Å²) in [5.41, 5.74) is 0. The van der Waals surface area contributed by atoms with Crippen LogP contribution in [0.3, 0.4) is 0 Å². The fraction of sp³-hybridized carbons (Fsp3) is 0.733. The molecule has 1 amide bonds. The molecule has 1 aliphatic heterocycles. The molecule has 0 radical (unpaired) electrons. The minimum Gasteiger partial charge on any atom is -0.353 e. The van der Waals surface area contributed by atoms with Gasteiger partial charge in [0.1, 0.15) is 5.82 Å². The molecule has 104 valence electrons. The smallest absolute Gasteiger partial charge is 0.223 e. The molecule has 4 heteroatoms. The molecule has 3 rings (SSSR count). The van der Waals surface area contributed by atoms with Gasteiger partial charge in [0.15, 0.2) is 0 Å². The number of nitrogens with one attached hydrogen (secondary N) is 1. The SMILES string of the molecule is O=C(NC1CCCCCC1)C1CCn2ccnc2C1. The molecule has 19 heavy (non-hydrogen) atoms. The first-order valence-electron chi connectivity index (χ1n) is 7.63. The number of hydrogen-bond donors (Lipinski definition) is 1. The molecule has 1 fully saturated rings. The van der Waals surface area contributed by atoms with Crippen LogP contribution in [0.2, 0.25) is 0 Å². The Morgan fingerprint density at radius 2 is 2.00 bits per heavy atom. The lowest BCUT2D eigenvalue weighted by molar-refractivity contribution is -0.126. The Morgan fingerprint density at radius 3 is 2.79 bits per heavy atom. The number of aromatic nitrogens is 2. The molecule has 0 aromatic carbocycles. The number of nitrogens with zero attached hydrogens (tertiary/aromatic N) is 2. The summed E-state index contributed by atoms with van der Waals surface area (Å²) >= 11 is 0. The number of fused-ring (bicyclic) bond motifs is 1. The van der Waals surface area contributed by atoms with E-state index in [9.17, 15) is 4.79 Å². The Balaban J connectivity index is 1.56. The maximum Gasteiger partial charge on any atom is 0.223 e. The average molecular weight is 261 g/mol. The van der Waals surface area contributed by atoms with Crippen molar-refractivity contribution >= 4 is 5.91 Å². The summed E-state index contributed by atoms with van der Waals surface area (Å²) in [6.45, 7) is 0.929. The van der Waals surface area contributed by atoms with E-state index in [0.29, 0.717) is 6.04 Å². The van der Waals surface area contributed by atoms with Crippen LogP contribution in [0.5, 0.6) is 0 Å². The molecule has 2 aliphatic rings. The monoisotopic (exact) mass is 261 g/mol. The van der Waals surface area contributed by atoms with Crippen LogP contribution >= 0.6 is 0 Å². The van der Waals surface area contributed by atoms with Gasteiger partial charge in [0, 0.05) is 37.3 Å². The third kappa shape index (κ3) is 2.99. The zero-order valence-electron chi connectivity index (χ0n) is 11.5. The van der Waals surface area contributed by atoms with Crippen LogP contribution in [0, 0.1) is 5.92 Å². The van der Waals surface area contributed by atoms with Crippen molar-refractivity contribution in [3.8, 4) is 0 Å². The Morgan fingerprint density at radius 1 is 1.21 bits per heavy atom. The van der Waals surface area contributed by atoms with Gasteiger partial charge in [-0.05, 0) is 19.3 Å². The lowest BCUT2D eigenvalue weighted by Gasteiger charge is -2.25. The molecular weight excluding hydrogens is 238 g/mol. The van der Waals surface area contributed by atoms with Crippen molar-refractivity contribution in [2.24, 2.45) is 5.92 Å². The standard InChI is InChI=1S/C15H23N3O/c19-15(17-13-5-3-1-2-4-6-13)12-7-9-18-10-8-16-14(18)11-12/h8,10,12-13H,1-7,9,11H2,(H,17,19). The third-order valence-corrected chi connectivity index (χ3v) is 4.52. The Labute approximate surface area is 114 Å². The van der Waals surface area contributed by atoms with Crippen molar-refractivity contribution in [3.05, 3.63) is 18.2 Å². The first kappa shape index (κ1) is 12.7. The zero-order valence-corrected chi connectivity index (χ0v) is 11.5. The van der Waals surface area contributed by atoms with Gasteiger partial charge in [-0.15, -0.1) is 0 Å². The molecule has 0 bridgehead atoms.